The molecule has 1 saturated carbocycles. The van der Waals surface area contributed by atoms with Crippen LogP contribution in [-0.4, -0.2) is 20.4 Å². The topological polar surface area (TPSA) is 89.3 Å². The average Bonchev–Trinajstić information content (AvgIpc) is 3.13. The van der Waals surface area contributed by atoms with E-state index >= 15 is 0 Å². The Labute approximate surface area is 129 Å². The summed E-state index contributed by atoms with van der Waals surface area (Å²) in [7, 11) is -3.91. The van der Waals surface area contributed by atoms with Crippen LogP contribution in [0.2, 0.25) is 5.02 Å². The van der Waals surface area contributed by atoms with Crippen molar-refractivity contribution >= 4 is 27.5 Å². The van der Waals surface area contributed by atoms with E-state index in [9.17, 15) is 13.2 Å². The molecule has 1 aliphatic rings. The lowest BCUT2D eigenvalue weighted by molar-refractivity contribution is 0.0936. The Morgan fingerprint density at radius 1 is 1.48 bits per heavy atom. The highest BCUT2D eigenvalue weighted by Crippen LogP contribution is 2.33. The third-order valence-electron chi connectivity index (χ3n) is 3.64. The number of halogens is 1. The van der Waals surface area contributed by atoms with E-state index in [0.29, 0.717) is 11.5 Å². The zero-order valence-electron chi connectivity index (χ0n) is 12.0. The van der Waals surface area contributed by atoms with Gasteiger partial charge in [0.15, 0.2) is 0 Å². The maximum absolute atomic E-state index is 12.3. The van der Waals surface area contributed by atoms with E-state index in [1.54, 1.807) is 6.92 Å². The predicted molar refractivity (Wildman–Crippen MR) is 81.8 cm³/mol. The first-order valence-electron chi connectivity index (χ1n) is 6.82. The summed E-state index contributed by atoms with van der Waals surface area (Å²) in [6, 6.07) is 2.77. The van der Waals surface area contributed by atoms with Crippen molar-refractivity contribution in [2.24, 2.45) is 11.1 Å². The minimum Gasteiger partial charge on any atom is -0.350 e. The Morgan fingerprint density at radius 2 is 2.10 bits per heavy atom. The van der Waals surface area contributed by atoms with E-state index in [0.717, 1.165) is 6.42 Å². The summed E-state index contributed by atoms with van der Waals surface area (Å²) in [6.07, 6.45) is 3.37. The molecule has 1 fully saturated rings. The van der Waals surface area contributed by atoms with Gasteiger partial charge in [0.25, 0.3) is 5.91 Å². The summed E-state index contributed by atoms with van der Waals surface area (Å²) in [5.74, 6) is 0.369. The largest absolute Gasteiger partial charge is 0.350 e. The predicted octanol–water partition coefficient (Wildman–Crippen LogP) is 2.21. The SMILES string of the molecule is Cc1c(C(=O)NC(C)CC2CC2)cc(Cl)cc1S(N)(=O)=O. The van der Waals surface area contributed by atoms with Crippen molar-refractivity contribution in [2.75, 3.05) is 0 Å². The molecular formula is C14H19ClN2O3S. The number of rotatable bonds is 5. The number of benzene rings is 1. The van der Waals surface area contributed by atoms with Crippen LogP contribution >= 0.6 is 11.6 Å². The van der Waals surface area contributed by atoms with Gasteiger partial charge in [-0.3, -0.25) is 4.79 Å². The van der Waals surface area contributed by atoms with Crippen LogP contribution < -0.4 is 10.5 Å². The van der Waals surface area contributed by atoms with Crippen LogP contribution in [-0.2, 0) is 10.0 Å². The van der Waals surface area contributed by atoms with Crippen molar-refractivity contribution in [1.29, 1.82) is 0 Å². The molecule has 116 valence electrons. The first-order valence-corrected chi connectivity index (χ1v) is 8.74. The summed E-state index contributed by atoms with van der Waals surface area (Å²) in [6.45, 7) is 3.49. The summed E-state index contributed by atoms with van der Waals surface area (Å²) in [4.78, 5) is 12.2. The van der Waals surface area contributed by atoms with Crippen molar-refractivity contribution in [3.63, 3.8) is 0 Å². The van der Waals surface area contributed by atoms with E-state index in [2.05, 4.69) is 5.32 Å². The Morgan fingerprint density at radius 3 is 2.62 bits per heavy atom. The van der Waals surface area contributed by atoms with Crippen molar-refractivity contribution < 1.29 is 13.2 Å². The Hall–Kier alpha value is -1.11. The van der Waals surface area contributed by atoms with Crippen LogP contribution in [0.4, 0.5) is 0 Å². The molecule has 3 N–H and O–H groups in total. The van der Waals surface area contributed by atoms with Crippen LogP contribution in [0, 0.1) is 12.8 Å². The summed E-state index contributed by atoms with van der Waals surface area (Å²) < 4.78 is 23.1. The first kappa shape index (κ1) is 16.3. The molecule has 21 heavy (non-hydrogen) atoms. The maximum atomic E-state index is 12.3. The molecule has 0 aromatic heterocycles. The number of hydrogen-bond acceptors (Lipinski definition) is 3. The monoisotopic (exact) mass is 330 g/mol. The second-order valence-corrected chi connectivity index (χ2v) is 7.64. The van der Waals surface area contributed by atoms with Gasteiger partial charge in [-0.15, -0.1) is 0 Å². The quantitative estimate of drug-likeness (QED) is 0.867. The van der Waals surface area contributed by atoms with Crippen molar-refractivity contribution in [3.8, 4) is 0 Å². The zero-order valence-corrected chi connectivity index (χ0v) is 13.6. The van der Waals surface area contributed by atoms with Gasteiger partial charge < -0.3 is 5.32 Å². The number of primary sulfonamides is 1. The van der Waals surface area contributed by atoms with Gasteiger partial charge in [-0.25, -0.2) is 13.6 Å². The normalized spacial score (nSPS) is 16.6. The number of carbonyl (C=O) groups is 1. The number of amides is 1. The highest BCUT2D eigenvalue weighted by molar-refractivity contribution is 7.89. The van der Waals surface area contributed by atoms with Crippen LogP contribution in [0.3, 0.4) is 0 Å². The lowest BCUT2D eigenvalue weighted by atomic mass is 10.1. The fourth-order valence-electron chi connectivity index (χ4n) is 2.40. The standard InChI is InChI=1S/C14H19ClN2O3S/c1-8(5-10-3-4-10)17-14(18)12-6-11(15)7-13(9(12)2)21(16,19)20/h6-8,10H,3-5H2,1-2H3,(H,17,18)(H2,16,19,20). The molecule has 0 bridgehead atoms. The molecule has 0 radical (unpaired) electrons. The Kier molecular flexibility index (Phi) is 4.60. The lowest BCUT2D eigenvalue weighted by Crippen LogP contribution is -2.33. The van der Waals surface area contributed by atoms with Gasteiger partial charge in [0, 0.05) is 16.6 Å². The molecular weight excluding hydrogens is 312 g/mol. The van der Waals surface area contributed by atoms with E-state index in [-0.39, 0.29) is 27.4 Å². The first-order chi connectivity index (χ1) is 9.68. The van der Waals surface area contributed by atoms with Gasteiger partial charge in [0.2, 0.25) is 10.0 Å². The fourth-order valence-corrected chi connectivity index (χ4v) is 3.51. The summed E-state index contributed by atoms with van der Waals surface area (Å²) in [5.41, 5.74) is 0.562. The van der Waals surface area contributed by atoms with Crippen molar-refractivity contribution in [1.82, 2.24) is 5.32 Å². The maximum Gasteiger partial charge on any atom is 0.251 e. The molecule has 1 aliphatic carbocycles. The van der Waals surface area contributed by atoms with Gasteiger partial charge in [0.1, 0.15) is 0 Å². The van der Waals surface area contributed by atoms with E-state index in [1.165, 1.54) is 25.0 Å². The molecule has 1 unspecified atom stereocenters. The lowest BCUT2D eigenvalue weighted by Gasteiger charge is -2.16. The third-order valence-corrected chi connectivity index (χ3v) is 4.89. The average molecular weight is 331 g/mol. The summed E-state index contributed by atoms with van der Waals surface area (Å²) in [5, 5.41) is 8.20. The molecule has 1 amide bonds. The van der Waals surface area contributed by atoms with Gasteiger partial charge in [0.05, 0.1) is 4.90 Å². The number of hydrogen-bond donors (Lipinski definition) is 2. The molecule has 0 spiro atoms. The van der Waals surface area contributed by atoms with Gasteiger partial charge in [-0.2, -0.15) is 0 Å². The van der Waals surface area contributed by atoms with E-state index in [4.69, 9.17) is 16.7 Å². The van der Waals surface area contributed by atoms with Crippen LogP contribution in [0.5, 0.6) is 0 Å². The molecule has 0 aliphatic heterocycles. The number of nitrogens with one attached hydrogen (secondary N) is 1. The number of sulfonamides is 1. The van der Waals surface area contributed by atoms with E-state index < -0.39 is 10.0 Å². The highest BCUT2D eigenvalue weighted by atomic mass is 35.5. The molecule has 5 nitrogen and oxygen atoms in total. The van der Waals surface area contributed by atoms with E-state index in [1.807, 2.05) is 6.92 Å². The molecule has 2 rings (SSSR count). The fraction of sp³-hybridized carbons (Fsp3) is 0.500. The smallest absolute Gasteiger partial charge is 0.251 e. The molecule has 1 aromatic carbocycles. The van der Waals surface area contributed by atoms with Crippen LogP contribution in [0.15, 0.2) is 17.0 Å². The third kappa shape index (κ3) is 4.18. The molecule has 7 heteroatoms. The molecule has 1 aromatic rings. The zero-order chi connectivity index (χ0) is 15.8. The van der Waals surface area contributed by atoms with Crippen LogP contribution in [0.1, 0.15) is 42.1 Å². The van der Waals surface area contributed by atoms with Gasteiger partial charge >= 0.3 is 0 Å². The number of nitrogens with two attached hydrogens (primary N) is 1. The number of carbonyl (C=O) groups excluding carboxylic acids is 1. The summed E-state index contributed by atoms with van der Waals surface area (Å²) >= 11 is 5.90. The van der Waals surface area contributed by atoms with Crippen LogP contribution in [0.25, 0.3) is 0 Å². The van der Waals surface area contributed by atoms with Gasteiger partial charge in [-0.1, -0.05) is 24.4 Å². The minimum absolute atomic E-state index is 0.0429. The Balaban J connectivity index is 2.25. The second-order valence-electron chi connectivity index (χ2n) is 5.68. The molecule has 0 heterocycles. The molecule has 0 saturated heterocycles. The highest BCUT2D eigenvalue weighted by Gasteiger charge is 2.25. The van der Waals surface area contributed by atoms with Crippen molar-refractivity contribution in [2.45, 2.75) is 44.0 Å². The Bertz CT molecular complexity index is 669. The second kappa shape index (κ2) is 5.94. The molecule has 1 atom stereocenters. The minimum atomic E-state index is -3.91. The van der Waals surface area contributed by atoms with Gasteiger partial charge in [-0.05, 0) is 43.9 Å². The van der Waals surface area contributed by atoms with Crippen molar-refractivity contribution in [3.05, 3.63) is 28.3 Å².